The van der Waals surface area contributed by atoms with Crippen molar-refractivity contribution in [3.63, 3.8) is 0 Å². The van der Waals surface area contributed by atoms with Crippen LogP contribution in [-0.2, 0) is 9.47 Å². The number of anilines is 1. The maximum Gasteiger partial charge on any atom is 0.410 e. The molecule has 0 N–H and O–H groups in total. The highest BCUT2D eigenvalue weighted by molar-refractivity contribution is 5.69. The number of carbonyl (C=O) groups excluding carboxylic acids is 2. The number of carbonyl (C=O) groups is 2. The van der Waals surface area contributed by atoms with Gasteiger partial charge in [0.05, 0.1) is 5.69 Å². The molecule has 0 unspecified atom stereocenters. The summed E-state index contributed by atoms with van der Waals surface area (Å²) in [7, 11) is 1.74. The van der Waals surface area contributed by atoms with Gasteiger partial charge in [0.2, 0.25) is 5.95 Å². The van der Waals surface area contributed by atoms with Crippen LogP contribution in [0.1, 0.15) is 59.6 Å². The van der Waals surface area contributed by atoms with E-state index in [4.69, 9.17) is 19.2 Å². The van der Waals surface area contributed by atoms with E-state index in [1.165, 1.54) is 0 Å². The Morgan fingerprint density at radius 1 is 0.886 bits per heavy atom. The number of nitrogens with zero attached hydrogens (tertiary/aromatic N) is 5. The molecule has 0 aliphatic carbocycles. The summed E-state index contributed by atoms with van der Waals surface area (Å²) < 4.78 is 17.6. The van der Waals surface area contributed by atoms with E-state index in [0.717, 1.165) is 16.8 Å². The Kier molecular flexibility index (Phi) is 10.3. The molecule has 0 spiro atoms. The number of hydrogen-bond donors (Lipinski definition) is 0. The summed E-state index contributed by atoms with van der Waals surface area (Å²) in [6.07, 6.45) is 1.39. The van der Waals surface area contributed by atoms with Crippen molar-refractivity contribution in [2.45, 2.75) is 65.3 Å². The number of hydrogen-bond acceptors (Lipinski definition) is 8. The Morgan fingerprint density at radius 3 is 2.23 bits per heavy atom. The lowest BCUT2D eigenvalue weighted by atomic mass is 10.1. The smallest absolute Gasteiger partial charge is 0.410 e. The lowest BCUT2D eigenvalue weighted by molar-refractivity contribution is 0.0237. The Bertz CT molecular complexity index is 1390. The first-order valence-electron chi connectivity index (χ1n) is 15.1. The lowest BCUT2D eigenvalue weighted by Gasteiger charge is -2.35. The summed E-state index contributed by atoms with van der Waals surface area (Å²) >= 11 is 0. The Morgan fingerprint density at radius 2 is 1.57 bits per heavy atom. The normalized spacial score (nSPS) is 14.5. The van der Waals surface area contributed by atoms with Crippen LogP contribution < -0.4 is 9.64 Å². The molecule has 236 valence electrons. The second kappa shape index (κ2) is 14.0. The fourth-order valence-corrected chi connectivity index (χ4v) is 4.67. The molecule has 2 amide bonds. The van der Waals surface area contributed by atoms with Crippen molar-refractivity contribution in [2.24, 2.45) is 0 Å². The van der Waals surface area contributed by atoms with Crippen LogP contribution in [0.25, 0.3) is 11.3 Å². The molecule has 1 aliphatic rings. The maximum atomic E-state index is 12.5. The monoisotopic (exact) mass is 603 g/mol. The van der Waals surface area contributed by atoms with Crippen molar-refractivity contribution in [3.05, 3.63) is 72.4 Å². The Balaban J connectivity index is 1.44. The minimum absolute atomic E-state index is 0.279. The van der Waals surface area contributed by atoms with Gasteiger partial charge in [-0.15, -0.1) is 0 Å². The molecule has 44 heavy (non-hydrogen) atoms. The van der Waals surface area contributed by atoms with Crippen LogP contribution >= 0.6 is 0 Å². The summed E-state index contributed by atoms with van der Waals surface area (Å²) in [5.74, 6) is 1.31. The van der Waals surface area contributed by atoms with Crippen LogP contribution in [0.2, 0.25) is 0 Å². The fourth-order valence-electron chi connectivity index (χ4n) is 4.67. The molecule has 0 bridgehead atoms. The predicted octanol–water partition coefficient (Wildman–Crippen LogP) is 6.58. The number of amides is 2. The van der Waals surface area contributed by atoms with Gasteiger partial charge in [0.15, 0.2) is 0 Å². The molecule has 10 heteroatoms. The highest BCUT2D eigenvalue weighted by atomic mass is 16.6. The van der Waals surface area contributed by atoms with Crippen molar-refractivity contribution in [3.8, 4) is 17.0 Å². The van der Waals surface area contributed by atoms with Gasteiger partial charge in [0.25, 0.3) is 0 Å². The zero-order chi connectivity index (χ0) is 31.9. The highest BCUT2D eigenvalue weighted by Gasteiger charge is 2.27. The topological polar surface area (TPSA) is 97.3 Å². The third-order valence-corrected chi connectivity index (χ3v) is 6.87. The van der Waals surface area contributed by atoms with E-state index >= 15 is 0 Å². The zero-order valence-electron chi connectivity index (χ0n) is 26.9. The first-order valence-corrected chi connectivity index (χ1v) is 15.1. The summed E-state index contributed by atoms with van der Waals surface area (Å²) in [6.45, 7) is 13.9. The molecule has 3 aromatic rings. The van der Waals surface area contributed by atoms with Crippen molar-refractivity contribution < 1.29 is 23.8 Å². The molecule has 2 heterocycles. The van der Waals surface area contributed by atoms with Gasteiger partial charge in [0, 0.05) is 58.0 Å². The molecule has 1 atom stereocenters. The fraction of sp³-hybridized carbons (Fsp3) is 0.471. The van der Waals surface area contributed by atoms with Crippen LogP contribution in [0.4, 0.5) is 15.5 Å². The van der Waals surface area contributed by atoms with Crippen LogP contribution in [-0.4, -0.2) is 82.9 Å². The number of benzene rings is 2. The van der Waals surface area contributed by atoms with E-state index in [1.54, 1.807) is 23.0 Å². The molecule has 2 aromatic carbocycles. The number of piperazine rings is 1. The SMILES string of the molecule is CN(CC[C@H](Oc1cccc(-c2ccnc(N3CCN(C(=O)OC(C)(C)C)CC3)n2)c1)c1ccccc1)C(=O)OC(C)(C)C. The van der Waals surface area contributed by atoms with Gasteiger partial charge in [-0.3, -0.25) is 0 Å². The van der Waals surface area contributed by atoms with Gasteiger partial charge in [-0.1, -0.05) is 42.5 Å². The first-order chi connectivity index (χ1) is 20.8. The summed E-state index contributed by atoms with van der Waals surface area (Å²) in [6, 6.07) is 19.7. The minimum Gasteiger partial charge on any atom is -0.486 e. The molecule has 0 radical (unpaired) electrons. The lowest BCUT2D eigenvalue weighted by Crippen LogP contribution is -2.50. The number of ether oxygens (including phenoxy) is 3. The van der Waals surface area contributed by atoms with E-state index in [9.17, 15) is 9.59 Å². The maximum absolute atomic E-state index is 12.5. The van der Waals surface area contributed by atoms with E-state index in [1.807, 2.05) is 102 Å². The van der Waals surface area contributed by atoms with Gasteiger partial charge in [-0.25, -0.2) is 19.6 Å². The molecule has 4 rings (SSSR count). The van der Waals surface area contributed by atoms with Crippen LogP contribution in [0.3, 0.4) is 0 Å². The van der Waals surface area contributed by atoms with Gasteiger partial charge in [0.1, 0.15) is 23.1 Å². The van der Waals surface area contributed by atoms with Gasteiger partial charge in [-0.2, -0.15) is 0 Å². The predicted molar refractivity (Wildman–Crippen MR) is 171 cm³/mol. The largest absolute Gasteiger partial charge is 0.486 e. The summed E-state index contributed by atoms with van der Waals surface area (Å²) in [5, 5.41) is 0. The quantitative estimate of drug-likeness (QED) is 0.285. The molecule has 10 nitrogen and oxygen atoms in total. The molecule has 1 aliphatic heterocycles. The number of rotatable bonds is 8. The van der Waals surface area contributed by atoms with E-state index in [-0.39, 0.29) is 18.3 Å². The van der Waals surface area contributed by atoms with Crippen molar-refractivity contribution in [2.75, 3.05) is 44.7 Å². The highest BCUT2D eigenvalue weighted by Crippen LogP contribution is 2.29. The van der Waals surface area contributed by atoms with E-state index < -0.39 is 11.2 Å². The van der Waals surface area contributed by atoms with Crippen molar-refractivity contribution in [1.82, 2.24) is 19.8 Å². The summed E-state index contributed by atoms with van der Waals surface area (Å²) in [5.41, 5.74) is 1.61. The zero-order valence-corrected chi connectivity index (χ0v) is 26.9. The Labute approximate surface area is 260 Å². The Hall–Kier alpha value is -4.34. The number of aromatic nitrogens is 2. The average Bonchev–Trinajstić information content (AvgIpc) is 2.98. The van der Waals surface area contributed by atoms with Crippen LogP contribution in [0, 0.1) is 0 Å². The molecular formula is C34H45N5O5. The van der Waals surface area contributed by atoms with E-state index in [2.05, 4.69) is 9.88 Å². The molecule has 1 aromatic heterocycles. The molecule has 1 fully saturated rings. The van der Waals surface area contributed by atoms with Crippen molar-refractivity contribution >= 4 is 18.1 Å². The van der Waals surface area contributed by atoms with Gasteiger partial charge < -0.3 is 28.9 Å². The second-order valence-electron chi connectivity index (χ2n) is 12.9. The second-order valence-corrected chi connectivity index (χ2v) is 12.9. The standard InChI is InChI=1S/C34H45N5O5/c1-33(2,3)43-31(40)37(7)19-17-29(25-12-9-8-10-13-25)42-27-15-11-14-26(24-27)28-16-18-35-30(36-28)38-20-22-39(23-21-38)32(41)44-34(4,5)6/h8-16,18,24,29H,17,19-23H2,1-7H3/t29-/m0/s1. The average molecular weight is 604 g/mol. The molecule has 0 saturated carbocycles. The first kappa shape index (κ1) is 32.6. The summed E-state index contributed by atoms with van der Waals surface area (Å²) in [4.78, 5) is 39.7. The third-order valence-electron chi connectivity index (χ3n) is 6.87. The van der Waals surface area contributed by atoms with E-state index in [0.29, 0.717) is 50.8 Å². The van der Waals surface area contributed by atoms with Crippen LogP contribution in [0.15, 0.2) is 66.9 Å². The third kappa shape index (κ3) is 9.59. The minimum atomic E-state index is -0.559. The molecular weight excluding hydrogens is 558 g/mol. The van der Waals surface area contributed by atoms with Gasteiger partial charge in [-0.05, 0) is 65.3 Å². The van der Waals surface area contributed by atoms with Crippen molar-refractivity contribution in [1.29, 1.82) is 0 Å². The van der Waals surface area contributed by atoms with Crippen LogP contribution in [0.5, 0.6) is 5.75 Å². The van der Waals surface area contributed by atoms with Gasteiger partial charge >= 0.3 is 12.2 Å². The molecule has 1 saturated heterocycles.